The van der Waals surface area contributed by atoms with E-state index in [-0.39, 0.29) is 18.1 Å². The normalized spacial score (nSPS) is 24.0. The van der Waals surface area contributed by atoms with Gasteiger partial charge >= 0.3 is 0 Å². The Hall–Kier alpha value is -2.11. The fraction of sp³-hybridized carbons (Fsp3) is 0.533. The molecule has 1 saturated heterocycles. The fourth-order valence-electron chi connectivity index (χ4n) is 2.63. The van der Waals surface area contributed by atoms with E-state index in [1.54, 1.807) is 0 Å². The molecule has 0 spiro atoms. The van der Waals surface area contributed by atoms with Crippen molar-refractivity contribution >= 4 is 11.6 Å². The lowest BCUT2D eigenvalue weighted by atomic mass is 10.0. The average Bonchev–Trinajstić information content (AvgIpc) is 3.05. The van der Waals surface area contributed by atoms with E-state index in [9.17, 15) is 30.2 Å². The van der Waals surface area contributed by atoms with Crippen molar-refractivity contribution in [1.29, 1.82) is 0 Å². The van der Waals surface area contributed by atoms with Crippen LogP contribution in [0.2, 0.25) is 0 Å². The Morgan fingerprint density at radius 2 is 1.96 bits per heavy atom. The van der Waals surface area contributed by atoms with Crippen LogP contribution in [-0.2, 0) is 9.53 Å². The molecule has 1 aliphatic heterocycles. The predicted molar refractivity (Wildman–Crippen MR) is 83.2 cm³/mol. The summed E-state index contributed by atoms with van der Waals surface area (Å²) in [6, 6.07) is 5.41. The number of benzene rings is 1. The minimum absolute atomic E-state index is 0.0483. The average molecular weight is 356 g/mol. The first-order valence-electron chi connectivity index (χ1n) is 7.58. The van der Waals surface area contributed by atoms with Crippen molar-refractivity contribution in [2.45, 2.75) is 37.6 Å². The van der Waals surface area contributed by atoms with Crippen molar-refractivity contribution in [2.75, 3.05) is 13.2 Å². The maximum absolute atomic E-state index is 11.8. The lowest BCUT2D eigenvalue weighted by molar-refractivity contribution is -0.384. The predicted octanol–water partition coefficient (Wildman–Crippen LogP) is -1.08. The minimum Gasteiger partial charge on any atom is -0.394 e. The SMILES string of the molecule is CC(=O)N1C[C@@H]([C@@H](O)[C@H](O)[C@H](O)CO)O[C@@H]1c1ccc([N+](=O)[O-])cc1. The molecule has 1 aromatic carbocycles. The number of aliphatic hydroxyl groups excluding tert-OH is 4. The van der Waals surface area contributed by atoms with Gasteiger partial charge in [-0.25, -0.2) is 0 Å². The lowest BCUT2D eigenvalue weighted by Crippen LogP contribution is -2.47. The highest BCUT2D eigenvalue weighted by Gasteiger charge is 2.42. The van der Waals surface area contributed by atoms with Crippen LogP contribution in [0.5, 0.6) is 0 Å². The number of non-ortho nitro benzene ring substituents is 1. The van der Waals surface area contributed by atoms with Gasteiger partial charge in [-0.2, -0.15) is 0 Å². The number of carbonyl (C=O) groups is 1. The Balaban J connectivity index is 2.20. The van der Waals surface area contributed by atoms with E-state index in [0.717, 1.165) is 0 Å². The van der Waals surface area contributed by atoms with Gasteiger partial charge in [0.15, 0.2) is 6.23 Å². The molecule has 10 nitrogen and oxygen atoms in total. The molecule has 0 aromatic heterocycles. The second-order valence-electron chi connectivity index (χ2n) is 5.78. The first kappa shape index (κ1) is 19.2. The van der Waals surface area contributed by atoms with E-state index in [0.29, 0.717) is 5.56 Å². The van der Waals surface area contributed by atoms with Crippen LogP contribution in [0.4, 0.5) is 5.69 Å². The Morgan fingerprint density at radius 3 is 2.44 bits per heavy atom. The zero-order chi connectivity index (χ0) is 18.7. The van der Waals surface area contributed by atoms with Crippen molar-refractivity contribution < 1.29 is 34.9 Å². The van der Waals surface area contributed by atoms with Gasteiger partial charge in [-0.05, 0) is 12.1 Å². The zero-order valence-corrected chi connectivity index (χ0v) is 13.4. The van der Waals surface area contributed by atoms with Gasteiger partial charge < -0.3 is 30.1 Å². The lowest BCUT2D eigenvalue weighted by Gasteiger charge is -2.25. The van der Waals surface area contributed by atoms with E-state index < -0.39 is 42.2 Å². The molecule has 138 valence electrons. The van der Waals surface area contributed by atoms with Crippen LogP contribution < -0.4 is 0 Å². The highest BCUT2D eigenvalue weighted by molar-refractivity contribution is 5.74. The Kier molecular flexibility index (Phi) is 6.03. The van der Waals surface area contributed by atoms with Gasteiger partial charge in [0.25, 0.3) is 5.69 Å². The summed E-state index contributed by atoms with van der Waals surface area (Å²) in [5, 5.41) is 48.9. The first-order valence-corrected chi connectivity index (χ1v) is 7.58. The number of carbonyl (C=O) groups excluding carboxylic acids is 1. The third-order valence-electron chi connectivity index (χ3n) is 4.07. The third-order valence-corrected chi connectivity index (χ3v) is 4.07. The highest BCUT2D eigenvalue weighted by Crippen LogP contribution is 2.33. The van der Waals surface area contributed by atoms with Gasteiger partial charge in [0.1, 0.15) is 24.4 Å². The number of nitro benzene ring substituents is 1. The minimum atomic E-state index is -1.65. The molecule has 2 rings (SSSR count). The number of hydrogen-bond donors (Lipinski definition) is 4. The Bertz CT molecular complexity index is 622. The number of nitrogens with zero attached hydrogens (tertiary/aromatic N) is 2. The molecule has 0 unspecified atom stereocenters. The van der Waals surface area contributed by atoms with E-state index in [1.807, 2.05) is 0 Å². The summed E-state index contributed by atoms with van der Waals surface area (Å²) in [7, 11) is 0. The number of nitro groups is 1. The fourth-order valence-corrected chi connectivity index (χ4v) is 2.63. The summed E-state index contributed by atoms with van der Waals surface area (Å²) in [5.41, 5.74) is 0.349. The van der Waals surface area contributed by atoms with Crippen LogP contribution in [0, 0.1) is 10.1 Å². The summed E-state index contributed by atoms with van der Waals surface area (Å²) in [5.74, 6) is -0.352. The standard InChI is InChI=1S/C15H20N2O8/c1-8(19)16-6-12(14(22)13(21)11(20)7-18)25-15(16)9-2-4-10(5-3-9)17(23)24/h2-5,11-15,18,20-22H,6-7H2,1H3/t11-,12+,13-,14-,15-/m1/s1. The molecule has 1 fully saturated rings. The number of amides is 1. The Morgan fingerprint density at radius 1 is 1.36 bits per heavy atom. The third kappa shape index (κ3) is 4.11. The van der Waals surface area contributed by atoms with Crippen LogP contribution in [0.1, 0.15) is 18.7 Å². The monoisotopic (exact) mass is 356 g/mol. The van der Waals surface area contributed by atoms with Gasteiger partial charge in [0.2, 0.25) is 5.91 Å². The molecular weight excluding hydrogens is 336 g/mol. The van der Waals surface area contributed by atoms with Crippen LogP contribution in [0.25, 0.3) is 0 Å². The molecule has 25 heavy (non-hydrogen) atoms. The summed E-state index contributed by atoms with van der Waals surface area (Å²) in [6.07, 6.45) is -6.63. The first-order chi connectivity index (χ1) is 11.8. The highest BCUT2D eigenvalue weighted by atomic mass is 16.6. The van der Waals surface area contributed by atoms with E-state index in [4.69, 9.17) is 9.84 Å². The summed E-state index contributed by atoms with van der Waals surface area (Å²) in [4.78, 5) is 23.3. The van der Waals surface area contributed by atoms with Crippen LogP contribution in [0.15, 0.2) is 24.3 Å². The molecule has 5 atom stereocenters. The molecule has 1 aromatic rings. The largest absolute Gasteiger partial charge is 0.394 e. The van der Waals surface area contributed by atoms with Crippen LogP contribution >= 0.6 is 0 Å². The molecule has 0 bridgehead atoms. The van der Waals surface area contributed by atoms with Gasteiger partial charge in [-0.1, -0.05) is 0 Å². The second-order valence-corrected chi connectivity index (χ2v) is 5.78. The maximum atomic E-state index is 11.8. The molecule has 4 N–H and O–H groups in total. The molecule has 0 saturated carbocycles. The van der Waals surface area contributed by atoms with Crippen molar-refractivity contribution in [3.8, 4) is 0 Å². The van der Waals surface area contributed by atoms with Gasteiger partial charge in [-0.3, -0.25) is 14.9 Å². The molecule has 0 radical (unpaired) electrons. The summed E-state index contributed by atoms with van der Waals surface area (Å²) < 4.78 is 5.63. The summed E-state index contributed by atoms with van der Waals surface area (Å²) >= 11 is 0. The van der Waals surface area contributed by atoms with E-state index >= 15 is 0 Å². The van der Waals surface area contributed by atoms with Gasteiger partial charge in [0, 0.05) is 24.6 Å². The van der Waals surface area contributed by atoms with Crippen molar-refractivity contribution in [2.24, 2.45) is 0 Å². The van der Waals surface area contributed by atoms with E-state index in [1.165, 1.54) is 36.1 Å². The van der Waals surface area contributed by atoms with Crippen molar-refractivity contribution in [1.82, 2.24) is 4.90 Å². The number of ether oxygens (including phenoxy) is 1. The molecule has 1 aliphatic rings. The summed E-state index contributed by atoms with van der Waals surface area (Å²) in [6.45, 7) is 0.510. The quantitative estimate of drug-likeness (QED) is 0.371. The molecular formula is C15H20N2O8. The van der Waals surface area contributed by atoms with Crippen molar-refractivity contribution in [3.63, 3.8) is 0 Å². The van der Waals surface area contributed by atoms with Crippen LogP contribution in [-0.4, -0.2) is 73.7 Å². The van der Waals surface area contributed by atoms with Gasteiger partial charge in [0.05, 0.1) is 18.1 Å². The molecule has 1 amide bonds. The zero-order valence-electron chi connectivity index (χ0n) is 13.4. The van der Waals surface area contributed by atoms with Crippen LogP contribution in [0.3, 0.4) is 0 Å². The van der Waals surface area contributed by atoms with Gasteiger partial charge in [-0.15, -0.1) is 0 Å². The number of hydrogen-bond acceptors (Lipinski definition) is 8. The number of rotatable bonds is 6. The smallest absolute Gasteiger partial charge is 0.269 e. The maximum Gasteiger partial charge on any atom is 0.269 e. The molecule has 0 aliphatic carbocycles. The van der Waals surface area contributed by atoms with E-state index in [2.05, 4.69) is 0 Å². The molecule has 10 heteroatoms. The molecule has 1 heterocycles. The topological polar surface area (TPSA) is 154 Å². The van der Waals surface area contributed by atoms with Crippen molar-refractivity contribution in [3.05, 3.63) is 39.9 Å². The Labute approximate surface area is 143 Å². The second kappa shape index (κ2) is 7.85. The number of aliphatic hydroxyl groups is 4.